The van der Waals surface area contributed by atoms with Crippen molar-refractivity contribution in [3.05, 3.63) is 109 Å². The van der Waals surface area contributed by atoms with E-state index in [1.807, 2.05) is 72.8 Å². The minimum absolute atomic E-state index is 0.172. The summed E-state index contributed by atoms with van der Waals surface area (Å²) in [6, 6.07) is 31.3. The lowest BCUT2D eigenvalue weighted by Crippen LogP contribution is -2.39. The van der Waals surface area contributed by atoms with Gasteiger partial charge in [-0.2, -0.15) is 4.31 Å². The van der Waals surface area contributed by atoms with Crippen molar-refractivity contribution >= 4 is 32.4 Å². The van der Waals surface area contributed by atoms with Gasteiger partial charge in [0.05, 0.1) is 11.4 Å². The molecular formula is C26H24N2O3S. The summed E-state index contributed by atoms with van der Waals surface area (Å²) >= 11 is 0. The highest BCUT2D eigenvalue weighted by Gasteiger charge is 2.26. The summed E-state index contributed by atoms with van der Waals surface area (Å²) in [5, 5.41) is 4.80. The molecule has 162 valence electrons. The lowest BCUT2D eigenvalue weighted by molar-refractivity contribution is -0.116. The molecule has 4 rings (SSSR count). The van der Waals surface area contributed by atoms with Crippen LogP contribution in [-0.2, 0) is 21.2 Å². The topological polar surface area (TPSA) is 66.5 Å². The van der Waals surface area contributed by atoms with Gasteiger partial charge in [-0.3, -0.25) is 4.79 Å². The van der Waals surface area contributed by atoms with E-state index in [1.54, 1.807) is 30.3 Å². The minimum atomic E-state index is -3.83. The van der Waals surface area contributed by atoms with E-state index in [1.165, 1.54) is 4.31 Å². The Morgan fingerprint density at radius 3 is 2.12 bits per heavy atom. The van der Waals surface area contributed by atoms with Crippen molar-refractivity contribution in [2.45, 2.75) is 11.3 Å². The van der Waals surface area contributed by atoms with Gasteiger partial charge in [-0.1, -0.05) is 84.9 Å². The molecule has 0 spiro atoms. The number of nitrogens with zero attached hydrogens (tertiary/aromatic N) is 1. The quantitative estimate of drug-likeness (QED) is 0.428. The van der Waals surface area contributed by atoms with Crippen LogP contribution in [0, 0.1) is 0 Å². The highest BCUT2D eigenvalue weighted by Crippen LogP contribution is 2.23. The fourth-order valence-electron chi connectivity index (χ4n) is 3.61. The van der Waals surface area contributed by atoms with Crippen molar-refractivity contribution in [1.29, 1.82) is 0 Å². The van der Waals surface area contributed by atoms with E-state index in [4.69, 9.17) is 0 Å². The van der Waals surface area contributed by atoms with Crippen molar-refractivity contribution in [1.82, 2.24) is 4.31 Å². The summed E-state index contributed by atoms with van der Waals surface area (Å²) in [4.78, 5) is 13.1. The van der Waals surface area contributed by atoms with Crippen LogP contribution in [0.3, 0.4) is 0 Å². The third kappa shape index (κ3) is 5.04. The average molecular weight is 445 g/mol. The molecule has 0 unspecified atom stereocenters. The monoisotopic (exact) mass is 444 g/mol. The normalized spacial score (nSPS) is 11.5. The molecule has 4 aromatic carbocycles. The van der Waals surface area contributed by atoms with Gasteiger partial charge in [-0.25, -0.2) is 8.42 Å². The highest BCUT2D eigenvalue weighted by molar-refractivity contribution is 7.89. The SMILES string of the molecule is O=C(CN(CCc1ccccc1)S(=O)(=O)c1ccccc1)Nc1cccc2ccccc12. The molecule has 0 aliphatic rings. The van der Waals surface area contributed by atoms with Crippen LogP contribution in [0.4, 0.5) is 5.69 Å². The summed E-state index contributed by atoms with van der Waals surface area (Å²) < 4.78 is 27.8. The predicted octanol–water partition coefficient (Wildman–Crippen LogP) is 4.71. The van der Waals surface area contributed by atoms with E-state index in [2.05, 4.69) is 5.32 Å². The van der Waals surface area contributed by atoms with Gasteiger partial charge < -0.3 is 5.32 Å². The first kappa shape index (κ1) is 21.7. The number of hydrogen-bond donors (Lipinski definition) is 1. The van der Waals surface area contributed by atoms with Gasteiger partial charge in [0.1, 0.15) is 0 Å². The van der Waals surface area contributed by atoms with Crippen molar-refractivity contribution in [3.8, 4) is 0 Å². The van der Waals surface area contributed by atoms with Gasteiger partial charge in [-0.05, 0) is 35.6 Å². The van der Waals surface area contributed by atoms with Crippen molar-refractivity contribution < 1.29 is 13.2 Å². The zero-order chi connectivity index (χ0) is 22.4. The van der Waals surface area contributed by atoms with Crippen LogP contribution in [0.5, 0.6) is 0 Å². The molecule has 0 heterocycles. The second-order valence-corrected chi connectivity index (χ2v) is 9.40. The van der Waals surface area contributed by atoms with E-state index >= 15 is 0 Å². The third-order valence-electron chi connectivity index (χ3n) is 5.26. The number of nitrogens with one attached hydrogen (secondary N) is 1. The van der Waals surface area contributed by atoms with Gasteiger partial charge in [0.25, 0.3) is 0 Å². The molecule has 0 radical (unpaired) electrons. The lowest BCUT2D eigenvalue weighted by atomic mass is 10.1. The van der Waals surface area contributed by atoms with Crippen molar-refractivity contribution in [3.63, 3.8) is 0 Å². The molecule has 6 heteroatoms. The fraction of sp³-hybridized carbons (Fsp3) is 0.115. The third-order valence-corrected chi connectivity index (χ3v) is 7.12. The molecule has 0 atom stereocenters. The molecule has 32 heavy (non-hydrogen) atoms. The largest absolute Gasteiger partial charge is 0.324 e. The van der Waals surface area contributed by atoms with E-state index in [9.17, 15) is 13.2 Å². The van der Waals surface area contributed by atoms with Gasteiger partial charge in [-0.15, -0.1) is 0 Å². The maximum absolute atomic E-state index is 13.3. The van der Waals surface area contributed by atoms with Crippen LogP contribution < -0.4 is 5.32 Å². The molecule has 0 aliphatic heterocycles. The highest BCUT2D eigenvalue weighted by atomic mass is 32.2. The first-order valence-corrected chi connectivity index (χ1v) is 11.8. The van der Waals surface area contributed by atoms with Gasteiger partial charge in [0, 0.05) is 17.6 Å². The Hall–Kier alpha value is -3.48. The Morgan fingerprint density at radius 1 is 0.750 bits per heavy atom. The summed E-state index contributed by atoms with van der Waals surface area (Å²) in [5.74, 6) is -0.381. The molecule has 4 aromatic rings. The molecule has 0 saturated carbocycles. The molecule has 0 fully saturated rings. The molecule has 0 aliphatic carbocycles. The Kier molecular flexibility index (Phi) is 6.63. The Bertz CT molecular complexity index is 1300. The fourth-order valence-corrected chi connectivity index (χ4v) is 5.03. The Morgan fingerprint density at radius 2 is 1.38 bits per heavy atom. The zero-order valence-corrected chi connectivity index (χ0v) is 18.3. The number of rotatable bonds is 8. The van der Waals surface area contributed by atoms with E-state index in [0.29, 0.717) is 12.1 Å². The Balaban J connectivity index is 1.57. The number of sulfonamides is 1. The van der Waals surface area contributed by atoms with Gasteiger partial charge in [0.15, 0.2) is 0 Å². The molecule has 1 N–H and O–H groups in total. The predicted molar refractivity (Wildman–Crippen MR) is 128 cm³/mol. The van der Waals surface area contributed by atoms with Crippen LogP contribution in [0.1, 0.15) is 5.56 Å². The van der Waals surface area contributed by atoms with Crippen molar-refractivity contribution in [2.24, 2.45) is 0 Å². The van der Waals surface area contributed by atoms with Crippen LogP contribution in [0.15, 0.2) is 108 Å². The van der Waals surface area contributed by atoms with Crippen LogP contribution >= 0.6 is 0 Å². The number of benzene rings is 4. The number of hydrogen-bond acceptors (Lipinski definition) is 3. The van der Waals surface area contributed by atoms with E-state index < -0.39 is 10.0 Å². The van der Waals surface area contributed by atoms with Crippen molar-refractivity contribution in [2.75, 3.05) is 18.4 Å². The summed E-state index contributed by atoms with van der Waals surface area (Å²) in [6.07, 6.45) is 0.508. The summed E-state index contributed by atoms with van der Waals surface area (Å²) in [7, 11) is -3.83. The molecule has 0 bridgehead atoms. The zero-order valence-electron chi connectivity index (χ0n) is 17.5. The number of amides is 1. The van der Waals surface area contributed by atoms with E-state index in [0.717, 1.165) is 16.3 Å². The summed E-state index contributed by atoms with van der Waals surface area (Å²) in [6.45, 7) is -0.0719. The van der Waals surface area contributed by atoms with Crippen LogP contribution in [0.25, 0.3) is 10.8 Å². The van der Waals surface area contributed by atoms with Gasteiger partial charge >= 0.3 is 0 Å². The van der Waals surface area contributed by atoms with E-state index in [-0.39, 0.29) is 23.9 Å². The Labute approximate surface area is 188 Å². The lowest BCUT2D eigenvalue weighted by Gasteiger charge is -2.22. The average Bonchev–Trinajstić information content (AvgIpc) is 2.83. The molecule has 5 nitrogen and oxygen atoms in total. The number of carbonyl (C=O) groups excluding carboxylic acids is 1. The number of fused-ring (bicyclic) bond motifs is 1. The second-order valence-electron chi connectivity index (χ2n) is 7.46. The van der Waals surface area contributed by atoms with Gasteiger partial charge in [0.2, 0.25) is 15.9 Å². The smallest absolute Gasteiger partial charge is 0.243 e. The number of carbonyl (C=O) groups is 1. The minimum Gasteiger partial charge on any atom is -0.324 e. The molecule has 1 amide bonds. The van der Waals surface area contributed by atoms with Crippen LogP contribution in [0.2, 0.25) is 0 Å². The maximum atomic E-state index is 13.3. The number of anilines is 1. The first-order valence-electron chi connectivity index (χ1n) is 10.4. The summed E-state index contributed by atoms with van der Waals surface area (Å²) in [5.41, 5.74) is 1.67. The second kappa shape index (κ2) is 9.77. The molecule has 0 aromatic heterocycles. The first-order chi connectivity index (χ1) is 15.5. The standard InChI is InChI=1S/C26H24N2O3S/c29-26(27-25-17-9-13-22-12-7-8-16-24(22)25)20-28(19-18-21-10-3-1-4-11-21)32(30,31)23-14-5-2-6-15-23/h1-17H,18-20H2,(H,27,29). The molecular weight excluding hydrogens is 420 g/mol. The maximum Gasteiger partial charge on any atom is 0.243 e. The van der Waals surface area contributed by atoms with Crippen LogP contribution in [-0.4, -0.2) is 31.7 Å². The molecule has 0 saturated heterocycles.